The van der Waals surface area contributed by atoms with Gasteiger partial charge in [0.15, 0.2) is 6.61 Å². The van der Waals surface area contributed by atoms with Crippen molar-refractivity contribution in [3.8, 4) is 11.5 Å². The number of aryl methyl sites for hydroxylation is 1. The van der Waals surface area contributed by atoms with Gasteiger partial charge >= 0.3 is 0 Å². The summed E-state index contributed by atoms with van der Waals surface area (Å²) in [5.74, 6) is 0.889. The Labute approximate surface area is 201 Å². The zero-order valence-corrected chi connectivity index (χ0v) is 20.6. The third-order valence-electron chi connectivity index (χ3n) is 5.32. The number of rotatable bonds is 10. The van der Waals surface area contributed by atoms with Crippen molar-refractivity contribution < 1.29 is 22.7 Å². The van der Waals surface area contributed by atoms with Crippen molar-refractivity contribution >= 4 is 21.6 Å². The smallest absolute Gasteiger partial charge is 0.258 e. The molecule has 1 atom stereocenters. The first kappa shape index (κ1) is 25.1. The molecule has 34 heavy (non-hydrogen) atoms. The van der Waals surface area contributed by atoms with Crippen molar-refractivity contribution in [3.63, 3.8) is 0 Å². The topological polar surface area (TPSA) is 84.9 Å². The van der Waals surface area contributed by atoms with Crippen molar-refractivity contribution in [1.29, 1.82) is 0 Å². The number of sulfonamides is 1. The first-order valence-corrected chi connectivity index (χ1v) is 12.7. The number of nitrogens with one attached hydrogen (secondary N) is 1. The van der Waals surface area contributed by atoms with Crippen molar-refractivity contribution in [2.24, 2.45) is 0 Å². The zero-order chi connectivity index (χ0) is 24.7. The van der Waals surface area contributed by atoms with Gasteiger partial charge in [0, 0.05) is 5.56 Å². The van der Waals surface area contributed by atoms with Crippen LogP contribution in [0.5, 0.6) is 11.5 Å². The van der Waals surface area contributed by atoms with Gasteiger partial charge < -0.3 is 14.8 Å². The van der Waals surface area contributed by atoms with Gasteiger partial charge in [0.2, 0.25) is 10.0 Å². The molecule has 0 unspecified atom stereocenters. The average Bonchev–Trinajstić information content (AvgIpc) is 2.82. The van der Waals surface area contributed by atoms with Crippen LogP contribution in [-0.4, -0.2) is 34.3 Å². The van der Waals surface area contributed by atoms with Gasteiger partial charge in [-0.3, -0.25) is 9.10 Å². The van der Waals surface area contributed by atoms with Gasteiger partial charge in [-0.15, -0.1) is 0 Å². The molecule has 0 saturated heterocycles. The Morgan fingerprint density at radius 2 is 1.65 bits per heavy atom. The molecule has 0 saturated carbocycles. The van der Waals surface area contributed by atoms with Gasteiger partial charge in [-0.05, 0) is 49.7 Å². The molecule has 180 valence electrons. The maximum absolute atomic E-state index is 12.4. The number of ether oxygens (including phenoxy) is 2. The van der Waals surface area contributed by atoms with Crippen LogP contribution in [0.25, 0.3) is 0 Å². The van der Waals surface area contributed by atoms with Gasteiger partial charge in [0.05, 0.1) is 31.6 Å². The molecule has 8 heteroatoms. The predicted octanol–water partition coefficient (Wildman–Crippen LogP) is 4.23. The Bertz CT molecular complexity index is 1210. The minimum atomic E-state index is -3.49. The molecular weight excluding hydrogens is 452 g/mol. The molecule has 0 heterocycles. The van der Waals surface area contributed by atoms with Gasteiger partial charge in [0.25, 0.3) is 5.91 Å². The number of hydrogen-bond acceptors (Lipinski definition) is 5. The van der Waals surface area contributed by atoms with Crippen LogP contribution < -0.4 is 19.1 Å². The summed E-state index contributed by atoms with van der Waals surface area (Å²) in [5.41, 5.74) is 3.39. The highest BCUT2D eigenvalue weighted by Crippen LogP contribution is 2.25. The molecule has 0 fully saturated rings. The summed E-state index contributed by atoms with van der Waals surface area (Å²) >= 11 is 0. The van der Waals surface area contributed by atoms with Crippen LogP contribution >= 0.6 is 0 Å². The molecule has 1 N–H and O–H groups in total. The predicted molar refractivity (Wildman–Crippen MR) is 134 cm³/mol. The molecule has 0 spiro atoms. The fourth-order valence-electron chi connectivity index (χ4n) is 3.50. The van der Waals surface area contributed by atoms with E-state index in [4.69, 9.17) is 9.47 Å². The van der Waals surface area contributed by atoms with E-state index in [9.17, 15) is 13.2 Å². The highest BCUT2D eigenvalue weighted by molar-refractivity contribution is 7.92. The van der Waals surface area contributed by atoms with Crippen molar-refractivity contribution in [1.82, 2.24) is 5.32 Å². The van der Waals surface area contributed by atoms with Gasteiger partial charge in [-0.2, -0.15) is 0 Å². The lowest BCUT2D eigenvalue weighted by atomic mass is 10.1. The first-order valence-electron chi connectivity index (χ1n) is 10.9. The number of carbonyl (C=O) groups excluding carboxylic acids is 1. The van der Waals surface area contributed by atoms with E-state index in [1.165, 1.54) is 10.6 Å². The Balaban J connectivity index is 1.61. The minimum absolute atomic E-state index is 0.169. The third kappa shape index (κ3) is 6.74. The molecule has 0 aromatic heterocycles. The normalized spacial score (nSPS) is 12.0. The van der Waals surface area contributed by atoms with Crippen LogP contribution in [0.2, 0.25) is 0 Å². The van der Waals surface area contributed by atoms with E-state index in [1.807, 2.05) is 62.4 Å². The molecule has 0 radical (unpaired) electrons. The molecule has 7 nitrogen and oxygen atoms in total. The number of amides is 1. The lowest BCUT2D eigenvalue weighted by Gasteiger charge is -2.23. The molecule has 3 aromatic carbocycles. The molecule has 3 rings (SSSR count). The Kier molecular flexibility index (Phi) is 8.17. The van der Waals surface area contributed by atoms with Gasteiger partial charge in [-0.25, -0.2) is 8.42 Å². The largest absolute Gasteiger partial charge is 0.496 e. The SMILES string of the molecule is COc1ccccc1[C@H](C)NC(=O)COc1ccc(N(Cc2ccc(C)cc2)S(C)(=O)=O)cc1. The Hall–Kier alpha value is -3.52. The summed E-state index contributed by atoms with van der Waals surface area (Å²) in [4.78, 5) is 12.4. The van der Waals surface area contributed by atoms with Crippen LogP contribution in [0.4, 0.5) is 5.69 Å². The van der Waals surface area contributed by atoms with E-state index in [0.29, 0.717) is 17.2 Å². The number of carbonyl (C=O) groups is 1. The summed E-state index contributed by atoms with van der Waals surface area (Å²) in [6.45, 7) is 3.91. The molecule has 3 aromatic rings. The molecule has 0 aliphatic carbocycles. The summed E-state index contributed by atoms with van der Waals surface area (Å²) in [7, 11) is -1.90. The van der Waals surface area contributed by atoms with Crippen molar-refractivity contribution in [2.75, 3.05) is 24.3 Å². The van der Waals surface area contributed by atoms with Gasteiger partial charge in [-0.1, -0.05) is 48.0 Å². The number of para-hydroxylation sites is 1. The highest BCUT2D eigenvalue weighted by atomic mass is 32.2. The van der Waals surface area contributed by atoms with Crippen molar-refractivity contribution in [2.45, 2.75) is 26.4 Å². The first-order chi connectivity index (χ1) is 16.2. The van der Waals surface area contributed by atoms with E-state index in [2.05, 4.69) is 5.32 Å². The number of hydrogen-bond donors (Lipinski definition) is 1. The standard InChI is InChI=1S/C26H30N2O5S/c1-19-9-11-21(12-10-19)17-28(34(4,30)31)22-13-15-23(16-14-22)33-18-26(29)27-20(2)24-7-5-6-8-25(24)32-3/h5-16,20H,17-18H2,1-4H3,(H,27,29)/t20-/m0/s1. The molecule has 0 aliphatic rings. The summed E-state index contributed by atoms with van der Waals surface area (Å²) < 4.78 is 37.1. The fraction of sp³-hybridized carbons (Fsp3) is 0.269. The maximum Gasteiger partial charge on any atom is 0.258 e. The Morgan fingerprint density at radius 1 is 1.00 bits per heavy atom. The van der Waals surface area contributed by atoms with E-state index in [1.54, 1.807) is 31.4 Å². The van der Waals surface area contributed by atoms with Gasteiger partial charge in [0.1, 0.15) is 11.5 Å². The summed E-state index contributed by atoms with van der Waals surface area (Å²) in [6, 6.07) is 21.6. The maximum atomic E-state index is 12.4. The molecule has 0 bridgehead atoms. The average molecular weight is 483 g/mol. The monoisotopic (exact) mass is 482 g/mol. The van der Waals surface area contributed by atoms with E-state index in [-0.39, 0.29) is 25.1 Å². The molecular formula is C26H30N2O5S. The molecule has 1 amide bonds. The Morgan fingerprint density at radius 3 is 2.26 bits per heavy atom. The highest BCUT2D eigenvalue weighted by Gasteiger charge is 2.18. The number of anilines is 1. The summed E-state index contributed by atoms with van der Waals surface area (Å²) in [5, 5.41) is 2.89. The number of methoxy groups -OCH3 is 1. The summed E-state index contributed by atoms with van der Waals surface area (Å²) in [6.07, 6.45) is 1.18. The lowest BCUT2D eigenvalue weighted by Crippen LogP contribution is -2.31. The van der Waals surface area contributed by atoms with E-state index in [0.717, 1.165) is 16.7 Å². The molecule has 0 aliphatic heterocycles. The van der Waals surface area contributed by atoms with E-state index < -0.39 is 10.0 Å². The van der Waals surface area contributed by atoms with Crippen LogP contribution in [0.1, 0.15) is 29.7 Å². The number of nitrogens with zero attached hydrogens (tertiary/aromatic N) is 1. The van der Waals surface area contributed by atoms with E-state index >= 15 is 0 Å². The van der Waals surface area contributed by atoms with Crippen molar-refractivity contribution in [3.05, 3.63) is 89.5 Å². The third-order valence-corrected chi connectivity index (χ3v) is 6.47. The fourth-order valence-corrected chi connectivity index (χ4v) is 4.39. The number of benzene rings is 3. The van der Waals surface area contributed by atoms with Crippen LogP contribution in [0.3, 0.4) is 0 Å². The van der Waals surface area contributed by atoms with Crippen LogP contribution in [-0.2, 0) is 21.4 Å². The second kappa shape index (κ2) is 11.1. The lowest BCUT2D eigenvalue weighted by molar-refractivity contribution is -0.123. The second-order valence-electron chi connectivity index (χ2n) is 8.07. The quantitative estimate of drug-likeness (QED) is 0.468. The minimum Gasteiger partial charge on any atom is -0.496 e. The zero-order valence-electron chi connectivity index (χ0n) is 19.8. The van der Waals surface area contributed by atoms with Crippen LogP contribution in [0, 0.1) is 6.92 Å². The second-order valence-corrected chi connectivity index (χ2v) is 9.98. The van der Waals surface area contributed by atoms with Crippen LogP contribution in [0.15, 0.2) is 72.8 Å².